The molecule has 0 atom stereocenters. The normalized spacial score (nSPS) is 11.9. The van der Waals surface area contributed by atoms with Gasteiger partial charge in [0, 0.05) is 28.1 Å². The van der Waals surface area contributed by atoms with Crippen molar-refractivity contribution in [3.05, 3.63) is 82.1 Å². The Labute approximate surface area is 205 Å². The van der Waals surface area contributed by atoms with Crippen LogP contribution in [0.5, 0.6) is 11.5 Å². The summed E-state index contributed by atoms with van der Waals surface area (Å²) in [4.78, 5) is 49.5. The minimum absolute atomic E-state index is 0.0968. The molecule has 0 spiro atoms. The van der Waals surface area contributed by atoms with Crippen LogP contribution < -0.4 is 14.8 Å². The molecule has 1 aliphatic rings. The van der Waals surface area contributed by atoms with Gasteiger partial charge in [0.15, 0.2) is 29.7 Å². The average molecular weight is 492 g/mol. The van der Waals surface area contributed by atoms with Gasteiger partial charge in [0.05, 0.1) is 6.42 Å². The van der Waals surface area contributed by atoms with Crippen LogP contribution >= 0.6 is 11.3 Å². The Hall–Kier alpha value is -4.24. The van der Waals surface area contributed by atoms with Crippen molar-refractivity contribution in [2.24, 2.45) is 0 Å². The van der Waals surface area contributed by atoms with E-state index in [1.54, 1.807) is 42.5 Å². The average Bonchev–Trinajstić information content (AvgIpc) is 3.56. The minimum atomic E-state index is -0.660. The smallest absolute Gasteiger partial charge is 0.306 e. The monoisotopic (exact) mass is 491 g/mol. The first-order valence-corrected chi connectivity index (χ1v) is 11.6. The van der Waals surface area contributed by atoms with Crippen molar-refractivity contribution in [3.63, 3.8) is 0 Å². The molecule has 2 heterocycles. The number of allylic oxidation sites excluding steroid dienone is 1. The molecule has 0 bridgehead atoms. The molecule has 9 heteroatoms. The van der Waals surface area contributed by atoms with Gasteiger partial charge in [-0.1, -0.05) is 6.07 Å². The molecular formula is C26H21NO7S. The molecule has 1 aromatic heterocycles. The number of thiophene rings is 1. The molecule has 0 aliphatic carbocycles. The second kappa shape index (κ2) is 11.3. The van der Waals surface area contributed by atoms with E-state index in [0.717, 1.165) is 4.88 Å². The number of esters is 1. The number of anilines is 1. The molecule has 0 saturated heterocycles. The molecule has 178 valence electrons. The van der Waals surface area contributed by atoms with Crippen molar-refractivity contribution in [1.82, 2.24) is 0 Å². The summed E-state index contributed by atoms with van der Waals surface area (Å²) < 4.78 is 15.4. The standard InChI is InChI=1S/C26H21NO7S/c28-21(9-8-20-2-1-13-35-20)17-3-6-19(7-4-17)27-25(30)11-12-26(31)32-15-22(29)18-5-10-23-24(14-18)34-16-33-23/h1-10,13-14H,11-12,15-16H2,(H,27,30)/b9-8+. The summed E-state index contributed by atoms with van der Waals surface area (Å²) in [5.41, 5.74) is 1.33. The summed E-state index contributed by atoms with van der Waals surface area (Å²) in [6.07, 6.45) is 2.97. The highest BCUT2D eigenvalue weighted by atomic mass is 32.1. The van der Waals surface area contributed by atoms with E-state index in [-0.39, 0.29) is 37.1 Å². The van der Waals surface area contributed by atoms with E-state index in [9.17, 15) is 19.2 Å². The summed E-state index contributed by atoms with van der Waals surface area (Å²) >= 11 is 1.54. The number of fused-ring (bicyclic) bond motifs is 1. The van der Waals surface area contributed by atoms with Gasteiger partial charge in [-0.05, 0) is 66.1 Å². The summed E-state index contributed by atoms with van der Waals surface area (Å²) in [5, 5.41) is 4.60. The largest absolute Gasteiger partial charge is 0.457 e. The second-order valence-corrected chi connectivity index (χ2v) is 8.47. The van der Waals surface area contributed by atoms with E-state index in [2.05, 4.69) is 5.32 Å². The third-order valence-corrected chi connectivity index (χ3v) is 5.85. The Morgan fingerprint density at radius 2 is 1.71 bits per heavy atom. The Morgan fingerprint density at radius 1 is 0.943 bits per heavy atom. The van der Waals surface area contributed by atoms with E-state index < -0.39 is 12.6 Å². The van der Waals surface area contributed by atoms with Crippen LogP contribution in [0.3, 0.4) is 0 Å². The number of ether oxygens (including phenoxy) is 3. The molecule has 1 amide bonds. The molecule has 1 N–H and O–H groups in total. The highest BCUT2D eigenvalue weighted by Crippen LogP contribution is 2.32. The van der Waals surface area contributed by atoms with Crippen LogP contribution in [0.2, 0.25) is 0 Å². The minimum Gasteiger partial charge on any atom is -0.457 e. The van der Waals surface area contributed by atoms with E-state index in [0.29, 0.717) is 28.3 Å². The van der Waals surface area contributed by atoms with Gasteiger partial charge >= 0.3 is 5.97 Å². The van der Waals surface area contributed by atoms with Crippen molar-refractivity contribution in [2.75, 3.05) is 18.7 Å². The quantitative estimate of drug-likeness (QED) is 0.252. The number of rotatable bonds is 10. The van der Waals surface area contributed by atoms with Gasteiger partial charge in [0.1, 0.15) is 0 Å². The number of carbonyl (C=O) groups is 4. The number of benzene rings is 2. The molecule has 4 rings (SSSR count). The van der Waals surface area contributed by atoms with E-state index in [4.69, 9.17) is 14.2 Å². The lowest BCUT2D eigenvalue weighted by molar-refractivity contribution is -0.143. The number of hydrogen-bond donors (Lipinski definition) is 1. The molecular weight excluding hydrogens is 470 g/mol. The first kappa shape index (κ1) is 23.9. The topological polar surface area (TPSA) is 108 Å². The van der Waals surface area contributed by atoms with Crippen LogP contribution in [0, 0.1) is 0 Å². The van der Waals surface area contributed by atoms with Crippen LogP contribution in [0.4, 0.5) is 5.69 Å². The predicted octanol–water partition coefficient (Wildman–Crippen LogP) is 4.52. The molecule has 0 unspecified atom stereocenters. The molecule has 1 aliphatic heterocycles. The van der Waals surface area contributed by atoms with Gasteiger partial charge in [-0.3, -0.25) is 19.2 Å². The number of ketones is 2. The molecule has 35 heavy (non-hydrogen) atoms. The lowest BCUT2D eigenvalue weighted by Gasteiger charge is -2.07. The zero-order valence-corrected chi connectivity index (χ0v) is 19.3. The SMILES string of the molecule is O=C(CCC(=O)OCC(=O)c1ccc2c(c1)OCO2)Nc1ccc(C(=O)/C=C/c2cccs2)cc1. The Morgan fingerprint density at radius 3 is 2.49 bits per heavy atom. The molecule has 0 radical (unpaired) electrons. The van der Waals surface area contributed by atoms with Gasteiger partial charge in [-0.25, -0.2) is 0 Å². The molecule has 8 nitrogen and oxygen atoms in total. The maximum Gasteiger partial charge on any atom is 0.306 e. The summed E-state index contributed by atoms with van der Waals surface area (Å²) in [6.45, 7) is -0.337. The van der Waals surface area contributed by atoms with E-state index in [1.165, 1.54) is 23.5 Å². The van der Waals surface area contributed by atoms with Crippen LogP contribution in [0.15, 0.2) is 66.1 Å². The van der Waals surface area contributed by atoms with Crippen LogP contribution in [0.25, 0.3) is 6.08 Å². The lowest BCUT2D eigenvalue weighted by atomic mass is 10.1. The molecule has 0 saturated carbocycles. The molecule has 3 aromatic rings. The van der Waals surface area contributed by atoms with Crippen LogP contribution in [-0.2, 0) is 14.3 Å². The van der Waals surface area contributed by atoms with Gasteiger partial charge in [0.2, 0.25) is 12.7 Å². The number of nitrogens with one attached hydrogen (secondary N) is 1. The fraction of sp³-hybridized carbons (Fsp3) is 0.154. The fourth-order valence-electron chi connectivity index (χ4n) is 3.17. The number of Topliss-reactive ketones (excluding diaryl/α,β-unsaturated/α-hetero) is 1. The van der Waals surface area contributed by atoms with Gasteiger partial charge in [-0.2, -0.15) is 0 Å². The van der Waals surface area contributed by atoms with Crippen molar-refractivity contribution in [1.29, 1.82) is 0 Å². The Balaban J connectivity index is 1.18. The van der Waals surface area contributed by atoms with Crippen LogP contribution in [-0.4, -0.2) is 36.8 Å². The third kappa shape index (κ3) is 6.64. The predicted molar refractivity (Wildman–Crippen MR) is 130 cm³/mol. The summed E-state index contributed by atoms with van der Waals surface area (Å²) in [6, 6.07) is 15.0. The second-order valence-electron chi connectivity index (χ2n) is 7.49. The highest BCUT2D eigenvalue weighted by Gasteiger charge is 2.17. The fourth-order valence-corrected chi connectivity index (χ4v) is 3.79. The zero-order chi connectivity index (χ0) is 24.6. The Bertz CT molecular complexity index is 1260. The summed E-state index contributed by atoms with van der Waals surface area (Å²) in [7, 11) is 0. The number of carbonyl (C=O) groups excluding carboxylic acids is 4. The van der Waals surface area contributed by atoms with Crippen LogP contribution in [0.1, 0.15) is 38.4 Å². The van der Waals surface area contributed by atoms with E-state index >= 15 is 0 Å². The number of hydrogen-bond acceptors (Lipinski definition) is 8. The lowest BCUT2D eigenvalue weighted by Crippen LogP contribution is -2.17. The maximum atomic E-state index is 12.2. The van der Waals surface area contributed by atoms with Gasteiger partial charge < -0.3 is 19.5 Å². The van der Waals surface area contributed by atoms with Crippen molar-refractivity contribution < 1.29 is 33.4 Å². The molecule has 2 aromatic carbocycles. The van der Waals surface area contributed by atoms with E-state index in [1.807, 2.05) is 17.5 Å². The highest BCUT2D eigenvalue weighted by molar-refractivity contribution is 7.10. The van der Waals surface area contributed by atoms with Gasteiger partial charge in [-0.15, -0.1) is 11.3 Å². The van der Waals surface area contributed by atoms with Crippen molar-refractivity contribution in [3.8, 4) is 11.5 Å². The maximum absolute atomic E-state index is 12.2. The molecule has 0 fully saturated rings. The Kier molecular flexibility index (Phi) is 7.69. The third-order valence-electron chi connectivity index (χ3n) is 5.01. The zero-order valence-electron chi connectivity index (χ0n) is 18.5. The first-order valence-electron chi connectivity index (χ1n) is 10.7. The first-order chi connectivity index (χ1) is 17.0. The van der Waals surface area contributed by atoms with Crippen molar-refractivity contribution in [2.45, 2.75) is 12.8 Å². The number of amides is 1. The summed E-state index contributed by atoms with van der Waals surface area (Å²) in [5.74, 6) is -0.563. The van der Waals surface area contributed by atoms with Crippen molar-refractivity contribution >= 4 is 46.5 Å². The van der Waals surface area contributed by atoms with Gasteiger partial charge in [0.25, 0.3) is 0 Å².